The van der Waals surface area contributed by atoms with Crippen molar-refractivity contribution in [3.05, 3.63) is 59.9 Å². The molecule has 2 heterocycles. The van der Waals surface area contributed by atoms with Gasteiger partial charge in [-0.3, -0.25) is 9.55 Å². The summed E-state index contributed by atoms with van der Waals surface area (Å²) >= 11 is 1.32. The van der Waals surface area contributed by atoms with E-state index in [1.807, 2.05) is 23.6 Å². The van der Waals surface area contributed by atoms with Crippen molar-refractivity contribution in [1.82, 2.24) is 19.7 Å². The molecule has 3 rings (SSSR count). The lowest BCUT2D eigenvalue weighted by Crippen LogP contribution is -2.08. The monoisotopic (exact) mass is 376 g/mol. The quantitative estimate of drug-likeness (QED) is 0.581. The van der Waals surface area contributed by atoms with Crippen LogP contribution in [0.2, 0.25) is 0 Å². The van der Waals surface area contributed by atoms with E-state index < -0.39 is 11.6 Å². The molecule has 5 nitrogen and oxygen atoms in total. The van der Waals surface area contributed by atoms with Crippen molar-refractivity contribution in [2.45, 2.75) is 23.9 Å². The van der Waals surface area contributed by atoms with Crippen molar-refractivity contribution in [3.8, 4) is 11.4 Å². The van der Waals surface area contributed by atoms with Gasteiger partial charge in [-0.05, 0) is 37.3 Å². The van der Waals surface area contributed by atoms with Crippen LogP contribution in [0.15, 0.2) is 47.9 Å². The maximum absolute atomic E-state index is 14.0. The largest absolute Gasteiger partial charge is 0.383 e. The SMILES string of the molecule is COCCn1c(SC(C)c2cc(F)ccc2F)nnc1-c1ccncc1. The second-order valence-corrected chi connectivity index (χ2v) is 6.92. The van der Waals surface area contributed by atoms with E-state index in [0.29, 0.717) is 29.7 Å². The molecule has 0 spiro atoms. The zero-order valence-corrected chi connectivity index (χ0v) is 15.2. The van der Waals surface area contributed by atoms with Crippen LogP contribution in [0.5, 0.6) is 0 Å². The molecule has 0 aliphatic heterocycles. The smallest absolute Gasteiger partial charge is 0.192 e. The molecule has 136 valence electrons. The van der Waals surface area contributed by atoms with Crippen LogP contribution in [-0.2, 0) is 11.3 Å². The summed E-state index contributed by atoms with van der Waals surface area (Å²) < 4.78 is 34.6. The van der Waals surface area contributed by atoms with Crippen molar-refractivity contribution in [1.29, 1.82) is 0 Å². The first-order valence-corrected chi connectivity index (χ1v) is 8.92. The zero-order valence-electron chi connectivity index (χ0n) is 14.4. The fraction of sp³-hybridized carbons (Fsp3) is 0.278. The number of ether oxygens (including phenoxy) is 1. The molecule has 0 aliphatic rings. The molecule has 0 bridgehead atoms. The highest BCUT2D eigenvalue weighted by Crippen LogP contribution is 2.36. The van der Waals surface area contributed by atoms with E-state index in [9.17, 15) is 8.78 Å². The highest BCUT2D eigenvalue weighted by Gasteiger charge is 2.20. The molecule has 1 unspecified atom stereocenters. The van der Waals surface area contributed by atoms with E-state index in [2.05, 4.69) is 15.2 Å². The van der Waals surface area contributed by atoms with Crippen molar-refractivity contribution in [3.63, 3.8) is 0 Å². The molecule has 2 aromatic heterocycles. The number of halogens is 2. The standard InChI is InChI=1S/C18H18F2N4OS/c1-12(15-11-14(19)3-4-16(15)20)26-18-23-22-17(24(18)9-10-25-2)13-5-7-21-8-6-13/h3-8,11-12H,9-10H2,1-2H3. The maximum atomic E-state index is 14.0. The highest BCUT2D eigenvalue weighted by molar-refractivity contribution is 7.99. The molecular formula is C18H18F2N4OS. The molecule has 3 aromatic rings. The molecule has 1 atom stereocenters. The fourth-order valence-electron chi connectivity index (χ4n) is 2.52. The maximum Gasteiger partial charge on any atom is 0.192 e. The van der Waals surface area contributed by atoms with Crippen molar-refractivity contribution >= 4 is 11.8 Å². The number of hydrogen-bond acceptors (Lipinski definition) is 5. The third-order valence-electron chi connectivity index (χ3n) is 3.85. The Morgan fingerprint density at radius 3 is 2.65 bits per heavy atom. The lowest BCUT2D eigenvalue weighted by molar-refractivity contribution is 0.185. The van der Waals surface area contributed by atoms with Crippen LogP contribution >= 0.6 is 11.8 Å². The van der Waals surface area contributed by atoms with Gasteiger partial charge in [0.25, 0.3) is 0 Å². The Kier molecular flexibility index (Phi) is 5.95. The van der Waals surface area contributed by atoms with Crippen LogP contribution < -0.4 is 0 Å². The Morgan fingerprint density at radius 1 is 1.15 bits per heavy atom. The Balaban J connectivity index is 1.92. The minimum absolute atomic E-state index is 0.293. The fourth-order valence-corrected chi connectivity index (χ4v) is 3.54. The minimum Gasteiger partial charge on any atom is -0.383 e. The van der Waals surface area contributed by atoms with Crippen LogP contribution in [-0.4, -0.2) is 33.5 Å². The number of hydrogen-bond donors (Lipinski definition) is 0. The first-order valence-electron chi connectivity index (χ1n) is 8.04. The van der Waals surface area contributed by atoms with Gasteiger partial charge < -0.3 is 4.74 Å². The van der Waals surface area contributed by atoms with Gasteiger partial charge >= 0.3 is 0 Å². The number of nitrogens with zero attached hydrogens (tertiary/aromatic N) is 4. The van der Waals surface area contributed by atoms with Gasteiger partial charge in [0.2, 0.25) is 0 Å². The number of aromatic nitrogens is 4. The Hall–Kier alpha value is -2.32. The Bertz CT molecular complexity index is 873. The van der Waals surface area contributed by atoms with Gasteiger partial charge in [0, 0.05) is 35.9 Å². The second-order valence-electron chi connectivity index (χ2n) is 5.61. The third-order valence-corrected chi connectivity index (χ3v) is 4.97. The molecular weight excluding hydrogens is 358 g/mol. The summed E-state index contributed by atoms with van der Waals surface area (Å²) in [5.74, 6) is -0.227. The summed E-state index contributed by atoms with van der Waals surface area (Å²) in [5.41, 5.74) is 1.17. The second kappa shape index (κ2) is 8.37. The molecule has 26 heavy (non-hydrogen) atoms. The normalized spacial score (nSPS) is 12.3. The van der Waals surface area contributed by atoms with E-state index >= 15 is 0 Å². The van der Waals surface area contributed by atoms with Crippen molar-refractivity contribution < 1.29 is 13.5 Å². The number of methoxy groups -OCH3 is 1. The Labute approximate surface area is 154 Å². The molecule has 0 N–H and O–H groups in total. The van der Waals surface area contributed by atoms with E-state index in [-0.39, 0.29) is 5.25 Å². The number of rotatable bonds is 7. The molecule has 0 amide bonds. The summed E-state index contributed by atoms with van der Waals surface area (Å²) in [5, 5.41) is 8.80. The lowest BCUT2D eigenvalue weighted by atomic mass is 10.1. The molecule has 0 saturated carbocycles. The van der Waals surface area contributed by atoms with Gasteiger partial charge in [0.15, 0.2) is 11.0 Å². The molecule has 0 radical (unpaired) electrons. The van der Waals surface area contributed by atoms with Gasteiger partial charge in [0.05, 0.1) is 13.2 Å². The summed E-state index contributed by atoms with van der Waals surface area (Å²) in [6.07, 6.45) is 3.37. The first-order chi connectivity index (χ1) is 12.6. The van der Waals surface area contributed by atoms with Crippen LogP contribution in [0.1, 0.15) is 17.7 Å². The zero-order chi connectivity index (χ0) is 18.5. The van der Waals surface area contributed by atoms with Gasteiger partial charge in [-0.25, -0.2) is 8.78 Å². The third kappa shape index (κ3) is 4.08. The summed E-state index contributed by atoms with van der Waals surface area (Å²) in [7, 11) is 1.62. The molecule has 0 saturated heterocycles. The van der Waals surface area contributed by atoms with E-state index in [4.69, 9.17) is 4.74 Å². The van der Waals surface area contributed by atoms with Gasteiger partial charge in [-0.15, -0.1) is 10.2 Å². The van der Waals surface area contributed by atoms with Crippen LogP contribution in [0.4, 0.5) is 8.78 Å². The predicted octanol–water partition coefficient (Wildman–Crippen LogP) is 4.12. The number of pyridine rings is 1. The number of thioether (sulfide) groups is 1. The summed E-state index contributed by atoms with van der Waals surface area (Å²) in [6.45, 7) is 2.83. The van der Waals surface area contributed by atoms with Crippen molar-refractivity contribution in [2.75, 3.05) is 13.7 Å². The average Bonchev–Trinajstić information content (AvgIpc) is 3.05. The van der Waals surface area contributed by atoms with Crippen molar-refractivity contribution in [2.24, 2.45) is 0 Å². The summed E-state index contributed by atoms with van der Waals surface area (Å²) in [6, 6.07) is 7.15. The molecule has 1 aromatic carbocycles. The summed E-state index contributed by atoms with van der Waals surface area (Å²) in [4.78, 5) is 4.01. The van der Waals surface area contributed by atoms with Gasteiger partial charge in [0.1, 0.15) is 11.6 Å². The topological polar surface area (TPSA) is 52.8 Å². The van der Waals surface area contributed by atoms with E-state index in [0.717, 1.165) is 17.7 Å². The van der Waals surface area contributed by atoms with Crippen LogP contribution in [0, 0.1) is 11.6 Å². The van der Waals surface area contributed by atoms with E-state index in [1.165, 1.54) is 17.8 Å². The molecule has 8 heteroatoms. The lowest BCUT2D eigenvalue weighted by Gasteiger charge is -2.14. The molecule has 0 aliphatic carbocycles. The van der Waals surface area contributed by atoms with Crippen LogP contribution in [0.3, 0.4) is 0 Å². The predicted molar refractivity (Wildman–Crippen MR) is 95.8 cm³/mol. The first kappa shape index (κ1) is 18.5. The van der Waals surface area contributed by atoms with Gasteiger partial charge in [-0.2, -0.15) is 0 Å². The van der Waals surface area contributed by atoms with E-state index in [1.54, 1.807) is 19.5 Å². The van der Waals surface area contributed by atoms with Gasteiger partial charge in [-0.1, -0.05) is 11.8 Å². The minimum atomic E-state index is -0.466. The number of benzene rings is 1. The Morgan fingerprint density at radius 2 is 1.92 bits per heavy atom. The van der Waals surface area contributed by atoms with Crippen LogP contribution in [0.25, 0.3) is 11.4 Å². The molecule has 0 fully saturated rings. The highest BCUT2D eigenvalue weighted by atomic mass is 32.2. The average molecular weight is 376 g/mol.